The summed E-state index contributed by atoms with van der Waals surface area (Å²) in [5.74, 6) is -0.214. The van der Waals surface area contributed by atoms with Crippen LogP contribution in [0, 0.1) is 6.92 Å². The van der Waals surface area contributed by atoms with Crippen molar-refractivity contribution < 1.29 is 15.0 Å². The van der Waals surface area contributed by atoms with Crippen LogP contribution >= 0.6 is 0 Å². The van der Waals surface area contributed by atoms with Gasteiger partial charge in [-0.15, -0.1) is 0 Å². The van der Waals surface area contributed by atoms with Crippen LogP contribution in [0.25, 0.3) is 0 Å². The van der Waals surface area contributed by atoms with Crippen LogP contribution in [0.1, 0.15) is 11.3 Å². The number of aliphatic hydroxyl groups excluding tert-OH is 2. The Balaban J connectivity index is 2.43. The number of aromatic nitrogens is 1. The number of pyridine rings is 1. The van der Waals surface area contributed by atoms with Crippen molar-refractivity contribution in [3.8, 4) is 0 Å². The molecule has 1 aromatic heterocycles. The predicted molar refractivity (Wildman–Crippen MR) is 58.8 cm³/mol. The first-order chi connectivity index (χ1) is 7.63. The third-order valence-corrected chi connectivity index (χ3v) is 2.19. The molecule has 16 heavy (non-hydrogen) atoms. The van der Waals surface area contributed by atoms with Gasteiger partial charge in [0.25, 0.3) is 0 Å². The summed E-state index contributed by atoms with van der Waals surface area (Å²) in [6.07, 6.45) is 0.914. The minimum Gasteiger partial charge on any atom is -0.394 e. The number of carbonyl (C=O) groups is 1. The van der Waals surface area contributed by atoms with E-state index < -0.39 is 6.10 Å². The van der Waals surface area contributed by atoms with E-state index >= 15 is 0 Å². The average Bonchev–Trinajstić information content (AvgIpc) is 2.29. The second-order valence-electron chi connectivity index (χ2n) is 3.58. The highest BCUT2D eigenvalue weighted by Crippen LogP contribution is 2.03. The largest absolute Gasteiger partial charge is 0.394 e. The third-order valence-electron chi connectivity index (χ3n) is 2.19. The molecule has 0 saturated heterocycles. The van der Waals surface area contributed by atoms with Gasteiger partial charge in [-0.25, -0.2) is 0 Å². The number of amides is 1. The fraction of sp³-hybridized carbons (Fsp3) is 0.455. The highest BCUT2D eigenvalue weighted by atomic mass is 16.3. The summed E-state index contributed by atoms with van der Waals surface area (Å²) in [5, 5.41) is 20.1. The Morgan fingerprint density at radius 2 is 2.38 bits per heavy atom. The highest BCUT2D eigenvalue weighted by Gasteiger charge is 2.08. The number of hydrogen-bond donors (Lipinski definition) is 3. The zero-order valence-electron chi connectivity index (χ0n) is 9.18. The Hall–Kier alpha value is -1.46. The lowest BCUT2D eigenvalue weighted by atomic mass is 10.1. The van der Waals surface area contributed by atoms with Gasteiger partial charge < -0.3 is 15.5 Å². The Bertz CT molecular complexity index is 355. The van der Waals surface area contributed by atoms with Crippen molar-refractivity contribution in [3.05, 3.63) is 29.6 Å². The summed E-state index contributed by atoms with van der Waals surface area (Å²) in [5.41, 5.74) is 1.68. The number of aryl methyl sites for hydroxylation is 1. The molecule has 5 heteroatoms. The molecule has 1 heterocycles. The van der Waals surface area contributed by atoms with E-state index in [1.54, 1.807) is 6.20 Å². The standard InChI is InChI=1S/C11H16N2O3/c1-8-3-2-4-12-10(8)5-11(16)13-6-9(15)7-14/h2-4,9,14-15H,5-7H2,1H3,(H,13,16). The van der Waals surface area contributed by atoms with Crippen molar-refractivity contribution in [1.82, 2.24) is 10.3 Å². The Labute approximate surface area is 94.1 Å². The maximum absolute atomic E-state index is 11.4. The first kappa shape index (κ1) is 12.6. The molecule has 0 radical (unpaired) electrons. The molecular formula is C11H16N2O3. The van der Waals surface area contributed by atoms with E-state index in [0.29, 0.717) is 0 Å². The maximum atomic E-state index is 11.4. The van der Waals surface area contributed by atoms with Gasteiger partial charge in [0, 0.05) is 12.7 Å². The first-order valence-corrected chi connectivity index (χ1v) is 5.09. The van der Waals surface area contributed by atoms with E-state index in [1.165, 1.54) is 0 Å². The SMILES string of the molecule is Cc1cccnc1CC(=O)NCC(O)CO. The van der Waals surface area contributed by atoms with Gasteiger partial charge in [-0.05, 0) is 18.6 Å². The molecule has 0 aliphatic carbocycles. The van der Waals surface area contributed by atoms with Crippen molar-refractivity contribution in [2.45, 2.75) is 19.4 Å². The molecule has 0 bridgehead atoms. The van der Waals surface area contributed by atoms with Gasteiger partial charge in [-0.2, -0.15) is 0 Å². The van der Waals surface area contributed by atoms with E-state index in [4.69, 9.17) is 10.2 Å². The van der Waals surface area contributed by atoms with Crippen LogP contribution in [0.2, 0.25) is 0 Å². The number of nitrogens with zero attached hydrogens (tertiary/aromatic N) is 1. The lowest BCUT2D eigenvalue weighted by Crippen LogP contribution is -2.35. The van der Waals surface area contributed by atoms with Gasteiger partial charge in [-0.3, -0.25) is 9.78 Å². The molecule has 1 unspecified atom stereocenters. The topological polar surface area (TPSA) is 82.5 Å². The molecule has 0 aromatic carbocycles. The fourth-order valence-corrected chi connectivity index (χ4v) is 1.21. The summed E-state index contributed by atoms with van der Waals surface area (Å²) in [4.78, 5) is 15.5. The minimum absolute atomic E-state index is 0.0568. The van der Waals surface area contributed by atoms with Gasteiger partial charge in [-0.1, -0.05) is 6.07 Å². The molecule has 0 saturated carbocycles. The smallest absolute Gasteiger partial charge is 0.226 e. The lowest BCUT2D eigenvalue weighted by Gasteiger charge is -2.09. The van der Waals surface area contributed by atoms with Crippen LogP contribution in [0.5, 0.6) is 0 Å². The molecule has 0 spiro atoms. The van der Waals surface area contributed by atoms with E-state index in [2.05, 4.69) is 10.3 Å². The van der Waals surface area contributed by atoms with Crippen molar-refractivity contribution in [2.24, 2.45) is 0 Å². The summed E-state index contributed by atoms with van der Waals surface area (Å²) in [6, 6.07) is 3.70. The van der Waals surface area contributed by atoms with Crippen molar-refractivity contribution in [2.75, 3.05) is 13.2 Å². The molecule has 1 rings (SSSR count). The Morgan fingerprint density at radius 1 is 1.62 bits per heavy atom. The lowest BCUT2D eigenvalue weighted by molar-refractivity contribution is -0.121. The van der Waals surface area contributed by atoms with Crippen LogP contribution in [0.4, 0.5) is 0 Å². The molecule has 5 nitrogen and oxygen atoms in total. The zero-order valence-corrected chi connectivity index (χ0v) is 9.18. The van der Waals surface area contributed by atoms with E-state index in [9.17, 15) is 4.79 Å². The second kappa shape index (κ2) is 6.19. The number of carbonyl (C=O) groups excluding carboxylic acids is 1. The predicted octanol–water partition coefficient (Wildman–Crippen LogP) is -0.598. The quantitative estimate of drug-likeness (QED) is 0.624. The van der Waals surface area contributed by atoms with Crippen molar-refractivity contribution in [1.29, 1.82) is 0 Å². The van der Waals surface area contributed by atoms with Crippen LogP contribution in [-0.4, -0.2) is 40.4 Å². The van der Waals surface area contributed by atoms with E-state index in [-0.39, 0.29) is 25.5 Å². The monoisotopic (exact) mass is 224 g/mol. The highest BCUT2D eigenvalue weighted by molar-refractivity contribution is 5.78. The molecule has 0 aliphatic rings. The first-order valence-electron chi connectivity index (χ1n) is 5.09. The molecule has 1 aromatic rings. The maximum Gasteiger partial charge on any atom is 0.226 e. The van der Waals surface area contributed by atoms with Crippen molar-refractivity contribution >= 4 is 5.91 Å². The summed E-state index contributed by atoms with van der Waals surface area (Å²) < 4.78 is 0. The van der Waals surface area contributed by atoms with Gasteiger partial charge >= 0.3 is 0 Å². The molecule has 88 valence electrons. The second-order valence-corrected chi connectivity index (χ2v) is 3.58. The third kappa shape index (κ3) is 3.96. The van der Waals surface area contributed by atoms with Gasteiger partial charge in [0.1, 0.15) is 0 Å². The molecule has 3 N–H and O–H groups in total. The molecule has 1 atom stereocenters. The zero-order chi connectivity index (χ0) is 12.0. The van der Waals surface area contributed by atoms with Gasteiger partial charge in [0.15, 0.2) is 0 Å². The average molecular weight is 224 g/mol. The van der Waals surface area contributed by atoms with Crippen LogP contribution in [0.15, 0.2) is 18.3 Å². The number of aliphatic hydroxyl groups is 2. The number of nitrogens with one attached hydrogen (secondary N) is 1. The van der Waals surface area contributed by atoms with Crippen molar-refractivity contribution in [3.63, 3.8) is 0 Å². The van der Waals surface area contributed by atoms with Crippen LogP contribution < -0.4 is 5.32 Å². The van der Waals surface area contributed by atoms with E-state index in [0.717, 1.165) is 11.3 Å². The Kier molecular flexibility index (Phi) is 4.88. The summed E-state index contributed by atoms with van der Waals surface area (Å²) in [7, 11) is 0. The van der Waals surface area contributed by atoms with Gasteiger partial charge in [0.2, 0.25) is 5.91 Å². The van der Waals surface area contributed by atoms with Crippen LogP contribution in [0.3, 0.4) is 0 Å². The molecule has 1 amide bonds. The number of rotatable bonds is 5. The molecule has 0 fully saturated rings. The van der Waals surface area contributed by atoms with Crippen LogP contribution in [-0.2, 0) is 11.2 Å². The van der Waals surface area contributed by atoms with E-state index in [1.807, 2.05) is 19.1 Å². The molecular weight excluding hydrogens is 208 g/mol. The Morgan fingerprint density at radius 3 is 3.00 bits per heavy atom. The van der Waals surface area contributed by atoms with Gasteiger partial charge in [0.05, 0.1) is 24.8 Å². The summed E-state index contributed by atoms with van der Waals surface area (Å²) >= 11 is 0. The fourth-order valence-electron chi connectivity index (χ4n) is 1.21. The summed E-state index contributed by atoms with van der Waals surface area (Å²) in [6.45, 7) is 1.59. The molecule has 0 aliphatic heterocycles. The number of hydrogen-bond acceptors (Lipinski definition) is 4. The normalized spacial score (nSPS) is 12.2. The minimum atomic E-state index is -0.909.